The highest BCUT2D eigenvalue weighted by Crippen LogP contribution is 2.38. The summed E-state index contributed by atoms with van der Waals surface area (Å²) in [7, 11) is 4.30. The van der Waals surface area contributed by atoms with E-state index in [4.69, 9.17) is 14.2 Å². The van der Waals surface area contributed by atoms with E-state index in [1.54, 1.807) is 17.0 Å². The number of hydrogen-bond donors (Lipinski definition) is 2. The van der Waals surface area contributed by atoms with E-state index in [0.29, 0.717) is 31.9 Å². The van der Waals surface area contributed by atoms with E-state index in [-0.39, 0.29) is 22.7 Å². The molecule has 1 heterocycles. The average Bonchev–Trinajstić information content (AvgIpc) is 2.90. The Morgan fingerprint density at radius 3 is 2.06 bits per heavy atom. The van der Waals surface area contributed by atoms with Gasteiger partial charge in [-0.15, -0.1) is 0 Å². The lowest BCUT2D eigenvalue weighted by atomic mass is 10.1. The lowest BCUT2D eigenvalue weighted by molar-refractivity contribution is -0.384. The third-order valence-electron chi connectivity index (χ3n) is 5.73. The van der Waals surface area contributed by atoms with Crippen molar-refractivity contribution in [1.82, 2.24) is 10.2 Å². The summed E-state index contributed by atoms with van der Waals surface area (Å²) in [6.07, 6.45) is 0. The number of aliphatic hydroxyl groups is 1. The van der Waals surface area contributed by atoms with Crippen molar-refractivity contribution in [3.05, 3.63) is 52.1 Å². The minimum absolute atomic E-state index is 0.0104. The van der Waals surface area contributed by atoms with Crippen LogP contribution in [0.15, 0.2) is 36.4 Å². The predicted molar refractivity (Wildman–Crippen MR) is 126 cm³/mol. The molecule has 1 unspecified atom stereocenters. The summed E-state index contributed by atoms with van der Waals surface area (Å²) in [4.78, 5) is 39.8. The van der Waals surface area contributed by atoms with Crippen LogP contribution in [0.2, 0.25) is 0 Å². The number of benzene rings is 2. The normalized spacial score (nSPS) is 14.2. The number of carbonyl (C=O) groups excluding carboxylic acids is 2. The molecule has 1 aliphatic rings. The molecule has 2 aromatic carbocycles. The Balaban J connectivity index is 1.64. The molecule has 3 rings (SSSR count). The first-order chi connectivity index (χ1) is 16.8. The summed E-state index contributed by atoms with van der Waals surface area (Å²) in [6, 6.07) is 8.00. The predicted octanol–water partition coefficient (Wildman–Crippen LogP) is 1.06. The number of nitro groups is 1. The number of hydrogen-bond acceptors (Lipinski definition) is 9. The maximum Gasteiger partial charge on any atom is 0.269 e. The van der Waals surface area contributed by atoms with Crippen LogP contribution in [-0.2, 0) is 4.79 Å². The molecular weight excluding hydrogens is 460 g/mol. The van der Waals surface area contributed by atoms with Gasteiger partial charge in [0.15, 0.2) is 11.5 Å². The number of non-ortho nitro benzene ring substituents is 1. The van der Waals surface area contributed by atoms with E-state index in [1.807, 2.05) is 4.90 Å². The molecule has 12 heteroatoms. The van der Waals surface area contributed by atoms with Crippen molar-refractivity contribution in [3.63, 3.8) is 0 Å². The number of anilines is 1. The Morgan fingerprint density at radius 1 is 1.03 bits per heavy atom. The lowest BCUT2D eigenvalue weighted by Crippen LogP contribution is -2.56. The first-order valence-electron chi connectivity index (χ1n) is 10.8. The number of nitrogens with one attached hydrogen (secondary N) is 1. The smallest absolute Gasteiger partial charge is 0.269 e. The molecule has 1 fully saturated rings. The van der Waals surface area contributed by atoms with Crippen LogP contribution >= 0.6 is 0 Å². The molecule has 188 valence electrons. The number of nitrogens with zero attached hydrogens (tertiary/aromatic N) is 3. The van der Waals surface area contributed by atoms with Crippen LogP contribution in [-0.4, -0.2) is 86.9 Å². The maximum absolute atomic E-state index is 13.0. The zero-order valence-corrected chi connectivity index (χ0v) is 19.7. The fourth-order valence-electron chi connectivity index (χ4n) is 3.83. The van der Waals surface area contributed by atoms with E-state index in [9.17, 15) is 24.8 Å². The number of amides is 2. The molecule has 0 bridgehead atoms. The number of carbonyl (C=O) groups is 2. The molecule has 0 spiro atoms. The Hall–Kier alpha value is -4.06. The van der Waals surface area contributed by atoms with E-state index in [2.05, 4.69) is 5.32 Å². The van der Waals surface area contributed by atoms with Crippen LogP contribution in [0.25, 0.3) is 0 Å². The Morgan fingerprint density at radius 2 is 1.60 bits per heavy atom. The Labute approximate surface area is 202 Å². The van der Waals surface area contributed by atoms with Gasteiger partial charge in [-0.2, -0.15) is 0 Å². The first-order valence-corrected chi connectivity index (χ1v) is 10.8. The van der Waals surface area contributed by atoms with E-state index in [0.717, 1.165) is 5.69 Å². The van der Waals surface area contributed by atoms with Crippen LogP contribution in [0.4, 0.5) is 11.4 Å². The van der Waals surface area contributed by atoms with Gasteiger partial charge in [-0.1, -0.05) is 0 Å². The molecule has 0 radical (unpaired) electrons. The third kappa shape index (κ3) is 5.72. The third-order valence-corrected chi connectivity index (χ3v) is 5.73. The molecule has 2 N–H and O–H groups in total. The standard InChI is InChI=1S/C23H28N4O8/c1-33-19-12-15(13-20(34-2)21(19)35-3)22(29)24-18(14-28)23(30)26-10-8-25(9-11-26)16-4-6-17(7-5-16)27(31)32/h4-7,12-13,18,28H,8-11,14H2,1-3H3,(H,24,29). The zero-order valence-electron chi connectivity index (χ0n) is 19.7. The van der Waals surface area contributed by atoms with Crippen LogP contribution in [0.5, 0.6) is 17.2 Å². The second kappa shape index (κ2) is 11.4. The molecule has 2 amide bonds. The number of ether oxygens (including phenoxy) is 3. The summed E-state index contributed by atoms with van der Waals surface area (Å²) in [5.74, 6) is -0.0949. The molecule has 0 saturated carbocycles. The van der Waals surface area contributed by atoms with E-state index >= 15 is 0 Å². The molecular formula is C23H28N4O8. The molecule has 1 atom stereocenters. The van der Waals surface area contributed by atoms with Crippen LogP contribution in [0.3, 0.4) is 0 Å². The molecule has 12 nitrogen and oxygen atoms in total. The van der Waals surface area contributed by atoms with Gasteiger partial charge >= 0.3 is 0 Å². The van der Waals surface area contributed by atoms with Gasteiger partial charge < -0.3 is 34.4 Å². The van der Waals surface area contributed by atoms with E-state index in [1.165, 1.54) is 45.6 Å². The summed E-state index contributed by atoms with van der Waals surface area (Å²) in [6.45, 7) is 1.17. The molecule has 35 heavy (non-hydrogen) atoms. The largest absolute Gasteiger partial charge is 0.493 e. The number of aliphatic hydroxyl groups excluding tert-OH is 1. The van der Waals surface area contributed by atoms with Crippen molar-refractivity contribution in [2.24, 2.45) is 0 Å². The summed E-state index contributed by atoms with van der Waals surface area (Å²) >= 11 is 0. The Bertz CT molecular complexity index is 1040. The number of methoxy groups -OCH3 is 3. The zero-order chi connectivity index (χ0) is 25.5. The quantitative estimate of drug-likeness (QED) is 0.391. The molecule has 1 aliphatic heterocycles. The summed E-state index contributed by atoms with van der Waals surface area (Å²) in [5.41, 5.74) is 1.00. The fourth-order valence-corrected chi connectivity index (χ4v) is 3.83. The van der Waals surface area contributed by atoms with Gasteiger partial charge in [0.05, 0.1) is 32.9 Å². The second-order valence-electron chi connectivity index (χ2n) is 7.71. The highest BCUT2D eigenvalue weighted by atomic mass is 16.6. The van der Waals surface area contributed by atoms with Gasteiger partial charge in [-0.25, -0.2) is 0 Å². The van der Waals surface area contributed by atoms with Gasteiger partial charge in [0, 0.05) is 49.6 Å². The molecule has 2 aromatic rings. The SMILES string of the molecule is COc1cc(C(=O)NC(CO)C(=O)N2CCN(c3ccc([N+](=O)[O-])cc3)CC2)cc(OC)c1OC. The highest BCUT2D eigenvalue weighted by molar-refractivity contribution is 5.98. The first kappa shape index (κ1) is 25.6. The van der Waals surface area contributed by atoms with Crippen LogP contribution in [0.1, 0.15) is 10.4 Å². The number of piperazine rings is 1. The van der Waals surface area contributed by atoms with Gasteiger partial charge in [0.1, 0.15) is 6.04 Å². The van der Waals surface area contributed by atoms with Crippen molar-refractivity contribution in [3.8, 4) is 17.2 Å². The monoisotopic (exact) mass is 488 g/mol. The molecule has 0 aliphatic carbocycles. The minimum Gasteiger partial charge on any atom is -0.493 e. The second-order valence-corrected chi connectivity index (χ2v) is 7.71. The lowest BCUT2D eigenvalue weighted by Gasteiger charge is -2.37. The van der Waals surface area contributed by atoms with Crippen molar-refractivity contribution < 1.29 is 33.8 Å². The summed E-state index contributed by atoms with van der Waals surface area (Å²) < 4.78 is 15.8. The molecule has 1 saturated heterocycles. The van der Waals surface area contributed by atoms with Gasteiger partial charge in [-0.05, 0) is 24.3 Å². The maximum atomic E-state index is 13.0. The number of rotatable bonds is 9. The van der Waals surface area contributed by atoms with Crippen LogP contribution in [0, 0.1) is 10.1 Å². The Kier molecular flexibility index (Phi) is 8.31. The van der Waals surface area contributed by atoms with Gasteiger partial charge in [-0.3, -0.25) is 19.7 Å². The number of nitro benzene ring substituents is 1. The van der Waals surface area contributed by atoms with Crippen LogP contribution < -0.4 is 24.4 Å². The topological polar surface area (TPSA) is 144 Å². The van der Waals surface area contributed by atoms with Crippen molar-refractivity contribution >= 4 is 23.2 Å². The van der Waals surface area contributed by atoms with Crippen molar-refractivity contribution in [1.29, 1.82) is 0 Å². The van der Waals surface area contributed by atoms with Crippen molar-refractivity contribution in [2.75, 3.05) is 59.0 Å². The van der Waals surface area contributed by atoms with Gasteiger partial charge in [0.25, 0.3) is 11.6 Å². The molecule has 0 aromatic heterocycles. The minimum atomic E-state index is -1.13. The fraction of sp³-hybridized carbons (Fsp3) is 0.391. The summed E-state index contributed by atoms with van der Waals surface area (Å²) in [5, 5.41) is 23.2. The van der Waals surface area contributed by atoms with E-state index < -0.39 is 29.4 Å². The average molecular weight is 488 g/mol. The van der Waals surface area contributed by atoms with Gasteiger partial charge in [0.2, 0.25) is 11.7 Å². The van der Waals surface area contributed by atoms with Crippen molar-refractivity contribution in [2.45, 2.75) is 6.04 Å². The highest BCUT2D eigenvalue weighted by Gasteiger charge is 2.29.